The normalized spacial score (nSPS) is 12.1. The van der Waals surface area contributed by atoms with Gasteiger partial charge in [-0.15, -0.1) is 11.3 Å². The van der Waals surface area contributed by atoms with Gasteiger partial charge in [0.1, 0.15) is 22.5 Å². The lowest BCUT2D eigenvalue weighted by Crippen LogP contribution is -2.36. The number of benzene rings is 3. The third-order valence-electron chi connectivity index (χ3n) is 6.59. The van der Waals surface area contributed by atoms with E-state index >= 15 is 0 Å². The van der Waals surface area contributed by atoms with Crippen LogP contribution >= 0.6 is 11.3 Å². The lowest BCUT2D eigenvalue weighted by molar-refractivity contribution is -0.120. The predicted octanol–water partition coefficient (Wildman–Crippen LogP) is 5.50. The van der Waals surface area contributed by atoms with Crippen LogP contribution in [0.4, 0.5) is 4.79 Å². The maximum Gasteiger partial charge on any atom is 0.407 e. The molecule has 2 unspecified atom stereocenters. The van der Waals surface area contributed by atoms with Crippen molar-refractivity contribution in [3.63, 3.8) is 0 Å². The van der Waals surface area contributed by atoms with Gasteiger partial charge in [0, 0.05) is 17.6 Å². The van der Waals surface area contributed by atoms with Crippen LogP contribution in [0.3, 0.4) is 0 Å². The summed E-state index contributed by atoms with van der Waals surface area (Å²) < 4.78 is 19.5. The Morgan fingerprint density at radius 2 is 1.51 bits per heavy atom. The number of methoxy groups -OCH3 is 1. The van der Waals surface area contributed by atoms with Crippen molar-refractivity contribution in [2.24, 2.45) is 5.92 Å². The maximum atomic E-state index is 13.3. The van der Waals surface area contributed by atoms with Gasteiger partial charge < -0.3 is 20.5 Å². The smallest absolute Gasteiger partial charge is 0.407 e. The number of alkyl carbamates (subject to hydrolysis) is 1. The number of aliphatic hydroxyl groups is 1. The molecule has 1 aromatic heterocycles. The third kappa shape index (κ3) is 12.6. The molecule has 0 saturated heterocycles. The molecule has 0 fully saturated rings. The molecule has 0 spiro atoms. The number of nitrogens with zero attached hydrogens (tertiary/aromatic N) is 2. The minimum Gasteiger partial charge on any atom is -0.453 e. The summed E-state index contributed by atoms with van der Waals surface area (Å²) >= 11 is 1.34. The molecule has 2 amide bonds. The number of ether oxygens (including phenoxy) is 1. The van der Waals surface area contributed by atoms with Gasteiger partial charge in [-0.25, -0.2) is 18.3 Å². The first kappa shape index (κ1) is 35.6. The molecule has 0 bridgehead atoms. The Hall–Kier alpha value is -3.90. The molecule has 0 radical (unpaired) electrons. The molecule has 0 aliphatic heterocycles. The zero-order chi connectivity index (χ0) is 32.4. The lowest BCUT2D eigenvalue weighted by atomic mass is 10.1. The van der Waals surface area contributed by atoms with E-state index in [0.29, 0.717) is 22.4 Å². The van der Waals surface area contributed by atoms with Crippen LogP contribution in [0.5, 0.6) is 0 Å². The first-order valence-electron chi connectivity index (χ1n) is 14.8. The molecule has 9 nitrogen and oxygen atoms in total. The van der Waals surface area contributed by atoms with Crippen LogP contribution < -0.4 is 10.6 Å². The summed E-state index contributed by atoms with van der Waals surface area (Å²) in [5, 5.41) is 15.8. The van der Waals surface area contributed by atoms with Crippen molar-refractivity contribution in [1.29, 1.82) is 0 Å². The predicted molar refractivity (Wildman–Crippen MR) is 179 cm³/mol. The van der Waals surface area contributed by atoms with Crippen molar-refractivity contribution >= 4 is 34.3 Å². The number of hydrogen-bond acceptors (Lipinski definition) is 7. The second-order valence-electron chi connectivity index (χ2n) is 10.5. The van der Waals surface area contributed by atoms with Crippen molar-refractivity contribution in [2.75, 3.05) is 26.8 Å². The van der Waals surface area contributed by atoms with Crippen LogP contribution in [0.1, 0.15) is 47.3 Å². The standard InChI is InChI=1S/C21H30N4O5S2.C13H12/c1-15(2)9-10-25(32(29)17-7-5-4-6-8-17)18(14-26)20-23-12-16(31-20)11-22-19(27)13-24-21(28)30-3;1-3-7-12(8-4-1)11-13-9-5-2-6-10-13/h4-8,12,15,18,26H,9-11,13-14H2,1-3H3,(H,22,27)(H,24,28);1-10H,11H2. The monoisotopic (exact) mass is 650 g/mol. The van der Waals surface area contributed by atoms with E-state index in [4.69, 9.17) is 0 Å². The minimum absolute atomic E-state index is 0.198. The first-order chi connectivity index (χ1) is 21.8. The largest absolute Gasteiger partial charge is 0.453 e. The Balaban J connectivity index is 0.000000350. The van der Waals surface area contributed by atoms with E-state index in [-0.39, 0.29) is 25.6 Å². The summed E-state index contributed by atoms with van der Waals surface area (Å²) in [5.41, 5.74) is 2.74. The summed E-state index contributed by atoms with van der Waals surface area (Å²) in [5.74, 6) is 0.0399. The number of aromatic nitrogens is 1. The number of aliphatic hydroxyl groups excluding tert-OH is 1. The molecule has 3 N–H and O–H groups in total. The molecule has 3 aromatic carbocycles. The molecule has 1 heterocycles. The van der Waals surface area contributed by atoms with Crippen molar-refractivity contribution < 1.29 is 23.6 Å². The number of carbonyl (C=O) groups excluding carboxylic acids is 2. The number of amides is 2. The van der Waals surface area contributed by atoms with Gasteiger partial charge in [-0.2, -0.15) is 0 Å². The summed E-state index contributed by atoms with van der Waals surface area (Å²) in [6.07, 6.45) is 2.79. The Labute approximate surface area is 272 Å². The van der Waals surface area contributed by atoms with Crippen LogP contribution in [0.25, 0.3) is 0 Å². The average Bonchev–Trinajstić information content (AvgIpc) is 3.54. The Bertz CT molecular complexity index is 1420. The Morgan fingerprint density at radius 1 is 0.933 bits per heavy atom. The summed E-state index contributed by atoms with van der Waals surface area (Å²) in [7, 11) is -0.239. The van der Waals surface area contributed by atoms with Gasteiger partial charge in [0.15, 0.2) is 0 Å². The van der Waals surface area contributed by atoms with Gasteiger partial charge >= 0.3 is 6.09 Å². The van der Waals surface area contributed by atoms with Gasteiger partial charge in [-0.05, 0) is 42.0 Å². The van der Waals surface area contributed by atoms with Crippen molar-refractivity contribution in [2.45, 2.75) is 44.2 Å². The van der Waals surface area contributed by atoms with E-state index in [1.165, 1.54) is 29.6 Å². The highest BCUT2D eigenvalue weighted by atomic mass is 32.2. The van der Waals surface area contributed by atoms with E-state index in [0.717, 1.165) is 17.7 Å². The molecule has 4 rings (SSSR count). The summed E-state index contributed by atoms with van der Waals surface area (Å²) in [6.45, 7) is 4.52. The van der Waals surface area contributed by atoms with Gasteiger partial charge in [0.2, 0.25) is 5.91 Å². The van der Waals surface area contributed by atoms with Crippen LogP contribution in [0, 0.1) is 5.92 Å². The van der Waals surface area contributed by atoms with Crippen LogP contribution in [-0.2, 0) is 33.5 Å². The molecule has 0 aliphatic carbocycles. The summed E-state index contributed by atoms with van der Waals surface area (Å²) in [6, 6.07) is 29.7. The fraction of sp³-hybridized carbons (Fsp3) is 0.324. The molecular weight excluding hydrogens is 609 g/mol. The highest BCUT2D eigenvalue weighted by Gasteiger charge is 2.28. The van der Waals surface area contributed by atoms with E-state index < -0.39 is 23.1 Å². The van der Waals surface area contributed by atoms with Gasteiger partial charge in [0.05, 0.1) is 31.2 Å². The lowest BCUT2D eigenvalue weighted by Gasteiger charge is -2.28. The molecule has 0 saturated carbocycles. The number of hydrogen-bond donors (Lipinski definition) is 3. The quantitative estimate of drug-likeness (QED) is 0.166. The van der Waals surface area contributed by atoms with Gasteiger partial charge in [-0.1, -0.05) is 92.7 Å². The number of carbonyl (C=O) groups is 2. The minimum atomic E-state index is -1.46. The zero-order valence-electron chi connectivity index (χ0n) is 25.9. The molecular formula is C34H42N4O5S2. The van der Waals surface area contributed by atoms with Crippen LogP contribution in [0.2, 0.25) is 0 Å². The summed E-state index contributed by atoms with van der Waals surface area (Å²) in [4.78, 5) is 28.8. The Morgan fingerprint density at radius 3 is 2.04 bits per heavy atom. The van der Waals surface area contributed by atoms with Crippen LogP contribution in [-0.4, -0.2) is 57.4 Å². The highest BCUT2D eigenvalue weighted by molar-refractivity contribution is 7.82. The second-order valence-corrected chi connectivity index (χ2v) is 13.1. The fourth-order valence-corrected chi connectivity index (χ4v) is 6.52. The highest BCUT2D eigenvalue weighted by Crippen LogP contribution is 2.29. The molecule has 0 aliphatic rings. The first-order valence-corrected chi connectivity index (χ1v) is 16.7. The second kappa shape index (κ2) is 19.5. The molecule has 11 heteroatoms. The van der Waals surface area contributed by atoms with E-state index in [2.05, 4.69) is 94.9 Å². The molecule has 2 atom stereocenters. The van der Waals surface area contributed by atoms with E-state index in [1.54, 1.807) is 22.6 Å². The van der Waals surface area contributed by atoms with Gasteiger partial charge in [-0.3, -0.25) is 4.79 Å². The third-order valence-corrected chi connectivity index (χ3v) is 9.23. The number of rotatable bonds is 14. The van der Waals surface area contributed by atoms with Crippen molar-refractivity contribution in [3.05, 3.63) is 118 Å². The topological polar surface area (TPSA) is 121 Å². The zero-order valence-corrected chi connectivity index (χ0v) is 27.6. The Kier molecular flexibility index (Phi) is 15.4. The fourth-order valence-electron chi connectivity index (χ4n) is 4.16. The van der Waals surface area contributed by atoms with E-state index in [9.17, 15) is 18.9 Å². The maximum absolute atomic E-state index is 13.3. The van der Waals surface area contributed by atoms with Crippen molar-refractivity contribution in [1.82, 2.24) is 19.9 Å². The molecule has 45 heavy (non-hydrogen) atoms. The number of thiazole rings is 1. The average molecular weight is 651 g/mol. The SMILES string of the molecule is COC(=O)NCC(=O)NCc1cnc(C(CO)N(CCC(C)C)S(=O)c2ccccc2)s1.c1ccc(Cc2ccccc2)cc1. The van der Waals surface area contributed by atoms with Crippen LogP contribution in [0.15, 0.2) is 102 Å². The van der Waals surface area contributed by atoms with E-state index in [1.807, 2.05) is 18.2 Å². The molecule has 240 valence electrons. The number of nitrogens with one attached hydrogen (secondary N) is 2. The van der Waals surface area contributed by atoms with Crippen molar-refractivity contribution in [3.8, 4) is 0 Å². The van der Waals surface area contributed by atoms with Gasteiger partial charge in [0.25, 0.3) is 0 Å². The molecule has 4 aromatic rings.